The quantitative estimate of drug-likeness (QED) is 0.738. The molecule has 0 amide bonds. The molecule has 0 radical (unpaired) electrons. The standard InChI is InChI=1S/C16H25NO3/c1-18-9-7-17-12-16(6-8-20-13-16)11-14-4-3-5-15(10-14)19-2/h3-5,10,17H,6-9,11-13H2,1-2H3. The van der Waals surface area contributed by atoms with Crippen molar-refractivity contribution in [2.75, 3.05) is 47.1 Å². The highest BCUT2D eigenvalue weighted by Gasteiger charge is 2.34. The molecule has 0 aromatic heterocycles. The van der Waals surface area contributed by atoms with Crippen LogP contribution in [0.4, 0.5) is 0 Å². The Morgan fingerprint density at radius 2 is 2.25 bits per heavy atom. The zero-order chi connectivity index (χ0) is 14.3. The van der Waals surface area contributed by atoms with Gasteiger partial charge in [0.15, 0.2) is 0 Å². The monoisotopic (exact) mass is 279 g/mol. The van der Waals surface area contributed by atoms with Crippen molar-refractivity contribution >= 4 is 0 Å². The molecule has 0 spiro atoms. The molecule has 1 aromatic rings. The van der Waals surface area contributed by atoms with Crippen LogP contribution in [0.3, 0.4) is 0 Å². The molecule has 4 heteroatoms. The van der Waals surface area contributed by atoms with Gasteiger partial charge < -0.3 is 19.5 Å². The molecule has 0 aliphatic carbocycles. The molecule has 1 aliphatic rings. The SMILES string of the molecule is COCCNCC1(Cc2cccc(OC)c2)CCOC1. The Morgan fingerprint density at radius 3 is 2.95 bits per heavy atom. The Hall–Kier alpha value is -1.10. The highest BCUT2D eigenvalue weighted by atomic mass is 16.5. The van der Waals surface area contributed by atoms with Crippen molar-refractivity contribution in [3.63, 3.8) is 0 Å². The summed E-state index contributed by atoms with van der Waals surface area (Å²) in [5, 5.41) is 3.48. The first-order valence-electron chi connectivity index (χ1n) is 7.18. The molecule has 0 saturated carbocycles. The van der Waals surface area contributed by atoms with Gasteiger partial charge in [-0.05, 0) is 30.5 Å². The fourth-order valence-corrected chi connectivity index (χ4v) is 2.73. The summed E-state index contributed by atoms with van der Waals surface area (Å²) in [6.07, 6.45) is 2.12. The number of ether oxygens (including phenoxy) is 3. The third-order valence-electron chi connectivity index (χ3n) is 3.88. The number of rotatable bonds is 8. The van der Waals surface area contributed by atoms with Crippen molar-refractivity contribution in [2.45, 2.75) is 12.8 Å². The summed E-state index contributed by atoms with van der Waals surface area (Å²) in [6.45, 7) is 4.28. The Labute approximate surface area is 121 Å². The summed E-state index contributed by atoms with van der Waals surface area (Å²) in [4.78, 5) is 0. The van der Waals surface area contributed by atoms with Crippen molar-refractivity contribution in [3.05, 3.63) is 29.8 Å². The van der Waals surface area contributed by atoms with Gasteiger partial charge in [0.05, 0.1) is 20.3 Å². The summed E-state index contributed by atoms with van der Waals surface area (Å²) in [5.74, 6) is 0.920. The summed E-state index contributed by atoms with van der Waals surface area (Å²) in [5.41, 5.74) is 1.50. The van der Waals surface area contributed by atoms with Crippen LogP contribution < -0.4 is 10.1 Å². The van der Waals surface area contributed by atoms with E-state index in [0.717, 1.165) is 51.5 Å². The van der Waals surface area contributed by atoms with Crippen molar-refractivity contribution in [1.29, 1.82) is 0 Å². The highest BCUT2D eigenvalue weighted by Crippen LogP contribution is 2.32. The van der Waals surface area contributed by atoms with E-state index in [1.165, 1.54) is 5.56 Å². The van der Waals surface area contributed by atoms with Gasteiger partial charge in [-0.25, -0.2) is 0 Å². The highest BCUT2D eigenvalue weighted by molar-refractivity contribution is 5.29. The molecule has 1 unspecified atom stereocenters. The van der Waals surface area contributed by atoms with Gasteiger partial charge in [-0.2, -0.15) is 0 Å². The zero-order valence-electron chi connectivity index (χ0n) is 12.5. The van der Waals surface area contributed by atoms with Gasteiger partial charge in [0, 0.05) is 32.2 Å². The maximum atomic E-state index is 5.64. The molecule has 1 heterocycles. The lowest BCUT2D eigenvalue weighted by Crippen LogP contribution is -2.38. The van der Waals surface area contributed by atoms with Gasteiger partial charge in [-0.15, -0.1) is 0 Å². The average molecular weight is 279 g/mol. The second kappa shape index (κ2) is 7.62. The predicted molar refractivity (Wildman–Crippen MR) is 79.3 cm³/mol. The Bertz CT molecular complexity index is 402. The van der Waals surface area contributed by atoms with Gasteiger partial charge in [0.25, 0.3) is 0 Å². The van der Waals surface area contributed by atoms with E-state index in [9.17, 15) is 0 Å². The molecule has 1 aromatic carbocycles. The van der Waals surface area contributed by atoms with Crippen LogP contribution >= 0.6 is 0 Å². The van der Waals surface area contributed by atoms with Crippen LogP contribution in [-0.4, -0.2) is 47.1 Å². The van der Waals surface area contributed by atoms with Gasteiger partial charge in [-0.1, -0.05) is 12.1 Å². The zero-order valence-corrected chi connectivity index (χ0v) is 12.5. The Morgan fingerprint density at radius 1 is 1.35 bits per heavy atom. The number of hydrogen-bond acceptors (Lipinski definition) is 4. The number of hydrogen-bond donors (Lipinski definition) is 1. The molecule has 2 rings (SSSR count). The molecule has 1 saturated heterocycles. The molecular formula is C16H25NO3. The smallest absolute Gasteiger partial charge is 0.119 e. The Kier molecular flexibility index (Phi) is 5.83. The molecular weight excluding hydrogens is 254 g/mol. The van der Waals surface area contributed by atoms with Gasteiger partial charge in [0.1, 0.15) is 5.75 Å². The van der Waals surface area contributed by atoms with Crippen LogP contribution in [0.25, 0.3) is 0 Å². The van der Waals surface area contributed by atoms with Gasteiger partial charge in [-0.3, -0.25) is 0 Å². The minimum atomic E-state index is 0.195. The minimum absolute atomic E-state index is 0.195. The second-order valence-corrected chi connectivity index (χ2v) is 5.50. The maximum Gasteiger partial charge on any atom is 0.119 e. The third-order valence-corrected chi connectivity index (χ3v) is 3.88. The number of benzene rings is 1. The van der Waals surface area contributed by atoms with E-state index in [0.29, 0.717) is 0 Å². The van der Waals surface area contributed by atoms with Crippen LogP contribution in [0.1, 0.15) is 12.0 Å². The van der Waals surface area contributed by atoms with E-state index in [1.54, 1.807) is 14.2 Å². The van der Waals surface area contributed by atoms with Crippen LogP contribution in [0.15, 0.2) is 24.3 Å². The van der Waals surface area contributed by atoms with Crippen molar-refractivity contribution in [3.8, 4) is 5.75 Å². The van der Waals surface area contributed by atoms with Crippen LogP contribution in [-0.2, 0) is 15.9 Å². The largest absolute Gasteiger partial charge is 0.497 e. The second-order valence-electron chi connectivity index (χ2n) is 5.50. The summed E-state index contributed by atoms with van der Waals surface area (Å²) in [6, 6.07) is 8.32. The number of methoxy groups -OCH3 is 2. The molecule has 1 atom stereocenters. The lowest BCUT2D eigenvalue weighted by Gasteiger charge is -2.28. The average Bonchev–Trinajstić information content (AvgIpc) is 2.92. The fraction of sp³-hybridized carbons (Fsp3) is 0.625. The van der Waals surface area contributed by atoms with E-state index in [4.69, 9.17) is 14.2 Å². The lowest BCUT2D eigenvalue weighted by atomic mass is 9.81. The van der Waals surface area contributed by atoms with Crippen molar-refractivity contribution < 1.29 is 14.2 Å². The normalized spacial score (nSPS) is 22.1. The minimum Gasteiger partial charge on any atom is -0.497 e. The first kappa shape index (κ1) is 15.3. The maximum absolute atomic E-state index is 5.64. The molecule has 1 N–H and O–H groups in total. The summed E-state index contributed by atoms with van der Waals surface area (Å²) in [7, 11) is 3.44. The van der Waals surface area contributed by atoms with Crippen LogP contribution in [0, 0.1) is 5.41 Å². The first-order chi connectivity index (χ1) is 9.78. The van der Waals surface area contributed by atoms with Crippen LogP contribution in [0.2, 0.25) is 0 Å². The Balaban J connectivity index is 1.97. The lowest BCUT2D eigenvalue weighted by molar-refractivity contribution is 0.145. The molecule has 1 fully saturated rings. The molecule has 20 heavy (non-hydrogen) atoms. The van der Waals surface area contributed by atoms with E-state index >= 15 is 0 Å². The van der Waals surface area contributed by atoms with Gasteiger partial charge in [0.2, 0.25) is 0 Å². The van der Waals surface area contributed by atoms with Crippen molar-refractivity contribution in [1.82, 2.24) is 5.32 Å². The number of nitrogens with one attached hydrogen (secondary N) is 1. The van der Waals surface area contributed by atoms with Crippen molar-refractivity contribution in [2.24, 2.45) is 5.41 Å². The predicted octanol–water partition coefficient (Wildman–Crippen LogP) is 1.88. The molecule has 1 aliphatic heterocycles. The molecule has 0 bridgehead atoms. The van der Waals surface area contributed by atoms with E-state index in [-0.39, 0.29) is 5.41 Å². The topological polar surface area (TPSA) is 39.7 Å². The molecule has 112 valence electrons. The van der Waals surface area contributed by atoms with Gasteiger partial charge >= 0.3 is 0 Å². The summed E-state index contributed by atoms with van der Waals surface area (Å²) < 4.78 is 16.0. The third kappa shape index (κ3) is 4.20. The van der Waals surface area contributed by atoms with Crippen LogP contribution in [0.5, 0.6) is 5.75 Å². The molecule has 4 nitrogen and oxygen atoms in total. The fourth-order valence-electron chi connectivity index (χ4n) is 2.73. The summed E-state index contributed by atoms with van der Waals surface area (Å²) >= 11 is 0. The van der Waals surface area contributed by atoms with E-state index < -0.39 is 0 Å². The first-order valence-corrected chi connectivity index (χ1v) is 7.18. The van der Waals surface area contributed by atoms with E-state index in [2.05, 4.69) is 23.5 Å². The van der Waals surface area contributed by atoms with E-state index in [1.807, 2.05) is 6.07 Å².